The van der Waals surface area contributed by atoms with E-state index >= 15 is 0 Å². The summed E-state index contributed by atoms with van der Waals surface area (Å²) >= 11 is 1.52. The molecule has 0 amide bonds. The predicted octanol–water partition coefficient (Wildman–Crippen LogP) is 3.57. The molecule has 0 aliphatic carbocycles. The van der Waals surface area contributed by atoms with Crippen LogP contribution in [0.4, 0.5) is 5.69 Å². The van der Waals surface area contributed by atoms with Crippen molar-refractivity contribution in [2.75, 3.05) is 18.5 Å². The molecule has 0 bridgehead atoms. The number of aliphatic hydroxyl groups excluding tert-OH is 1. The number of aliphatic hydroxyl groups is 1. The van der Waals surface area contributed by atoms with Crippen LogP contribution in [0.25, 0.3) is 10.6 Å². The fourth-order valence-corrected chi connectivity index (χ4v) is 3.12. The summed E-state index contributed by atoms with van der Waals surface area (Å²) in [5, 5.41) is 14.7. The highest BCUT2D eigenvalue weighted by Gasteiger charge is 2.13. The van der Waals surface area contributed by atoms with Crippen molar-refractivity contribution < 1.29 is 14.6 Å². The Kier molecular flexibility index (Phi) is 5.77. The highest BCUT2D eigenvalue weighted by Crippen LogP contribution is 2.24. The van der Waals surface area contributed by atoms with E-state index in [-0.39, 0.29) is 13.2 Å². The molecule has 0 saturated heterocycles. The fourth-order valence-electron chi connectivity index (χ4n) is 2.31. The van der Waals surface area contributed by atoms with Crippen molar-refractivity contribution in [1.29, 1.82) is 0 Å². The van der Waals surface area contributed by atoms with Gasteiger partial charge < -0.3 is 15.2 Å². The van der Waals surface area contributed by atoms with Crippen molar-refractivity contribution in [3.05, 3.63) is 71.2 Å². The van der Waals surface area contributed by atoms with Crippen molar-refractivity contribution in [3.63, 3.8) is 0 Å². The molecule has 0 fully saturated rings. The van der Waals surface area contributed by atoms with E-state index in [0.717, 1.165) is 16.3 Å². The second-order valence-corrected chi connectivity index (χ2v) is 6.14. The molecule has 128 valence electrons. The topological polar surface area (TPSA) is 71.5 Å². The normalized spacial score (nSPS) is 10.4. The van der Waals surface area contributed by atoms with Crippen LogP contribution in [0.1, 0.15) is 16.1 Å². The molecule has 2 N–H and O–H groups in total. The number of hydrogen-bond donors (Lipinski definition) is 2. The van der Waals surface area contributed by atoms with Crippen LogP contribution in [0.15, 0.2) is 60.0 Å². The lowest BCUT2D eigenvalue weighted by Crippen LogP contribution is -2.12. The summed E-state index contributed by atoms with van der Waals surface area (Å²) in [6.45, 7) is 0.484. The summed E-state index contributed by atoms with van der Waals surface area (Å²) in [6, 6.07) is 17.0. The van der Waals surface area contributed by atoms with Gasteiger partial charge in [-0.15, -0.1) is 11.3 Å². The van der Waals surface area contributed by atoms with Crippen LogP contribution >= 0.6 is 11.3 Å². The van der Waals surface area contributed by atoms with Gasteiger partial charge in [0.1, 0.15) is 11.6 Å². The van der Waals surface area contributed by atoms with E-state index in [1.165, 1.54) is 11.3 Å². The zero-order chi connectivity index (χ0) is 17.5. The monoisotopic (exact) mass is 354 g/mol. The zero-order valence-electron chi connectivity index (χ0n) is 13.5. The average molecular weight is 354 g/mol. The number of nitrogens with zero attached hydrogens (tertiary/aromatic N) is 1. The molecule has 0 unspecified atom stereocenters. The van der Waals surface area contributed by atoms with E-state index in [1.54, 1.807) is 18.2 Å². The van der Waals surface area contributed by atoms with Crippen LogP contribution in [0.2, 0.25) is 0 Å². The predicted molar refractivity (Wildman–Crippen MR) is 98.7 cm³/mol. The summed E-state index contributed by atoms with van der Waals surface area (Å²) in [5.41, 5.74) is 2.85. The molecular formula is C19H18N2O3S. The fraction of sp³-hybridized carbons (Fsp3) is 0.158. The van der Waals surface area contributed by atoms with E-state index in [4.69, 9.17) is 9.84 Å². The number of carbonyl (C=O) groups is 1. The summed E-state index contributed by atoms with van der Waals surface area (Å²) in [7, 11) is 0. The molecule has 1 heterocycles. The molecule has 25 heavy (non-hydrogen) atoms. The van der Waals surface area contributed by atoms with E-state index in [1.807, 2.05) is 41.8 Å². The van der Waals surface area contributed by atoms with Gasteiger partial charge in [-0.3, -0.25) is 0 Å². The molecule has 1 aromatic heterocycles. The highest BCUT2D eigenvalue weighted by atomic mass is 32.1. The van der Waals surface area contributed by atoms with Crippen LogP contribution < -0.4 is 5.32 Å². The Morgan fingerprint density at radius 3 is 2.68 bits per heavy atom. The van der Waals surface area contributed by atoms with Crippen molar-refractivity contribution in [1.82, 2.24) is 4.98 Å². The molecule has 0 aliphatic heterocycles. The van der Waals surface area contributed by atoms with Gasteiger partial charge in [0.25, 0.3) is 0 Å². The van der Waals surface area contributed by atoms with Gasteiger partial charge in [-0.1, -0.05) is 42.5 Å². The largest absolute Gasteiger partial charge is 0.455 e. The van der Waals surface area contributed by atoms with Crippen molar-refractivity contribution in [2.45, 2.75) is 6.61 Å². The van der Waals surface area contributed by atoms with Gasteiger partial charge >= 0.3 is 5.97 Å². The van der Waals surface area contributed by atoms with Gasteiger partial charge in [0.2, 0.25) is 0 Å². The van der Waals surface area contributed by atoms with Crippen molar-refractivity contribution in [3.8, 4) is 10.6 Å². The number of hydrogen-bond acceptors (Lipinski definition) is 6. The number of aromatic nitrogens is 1. The number of rotatable bonds is 7. The first kappa shape index (κ1) is 17.1. The first-order chi connectivity index (χ1) is 12.3. The summed E-state index contributed by atoms with van der Waals surface area (Å²) in [6.07, 6.45) is 0. The molecule has 0 aliphatic rings. The third-order valence-electron chi connectivity index (χ3n) is 3.50. The standard InChI is InChI=1S/C19H18N2O3S/c22-11-10-20-17-9-5-4-8-16(17)19(23)24-12-15-13-25-18(21-15)14-6-2-1-3-7-14/h1-9,13,20,22H,10-12H2. The van der Waals surface area contributed by atoms with Crippen LogP contribution in [-0.2, 0) is 11.3 Å². The SMILES string of the molecule is O=C(OCc1csc(-c2ccccc2)n1)c1ccccc1NCCO. The van der Waals surface area contributed by atoms with E-state index in [0.29, 0.717) is 17.8 Å². The van der Waals surface area contributed by atoms with Crippen LogP contribution in [0, 0.1) is 0 Å². The minimum absolute atomic E-state index is 0.00946. The summed E-state index contributed by atoms with van der Waals surface area (Å²) < 4.78 is 5.39. The summed E-state index contributed by atoms with van der Waals surface area (Å²) in [5.74, 6) is -0.421. The van der Waals surface area contributed by atoms with Crippen molar-refractivity contribution >= 4 is 23.0 Å². The lowest BCUT2D eigenvalue weighted by atomic mass is 10.2. The van der Waals surface area contributed by atoms with Gasteiger partial charge in [0.05, 0.1) is 17.9 Å². The van der Waals surface area contributed by atoms with Gasteiger partial charge in [-0.25, -0.2) is 9.78 Å². The number of ether oxygens (including phenoxy) is 1. The third-order valence-corrected chi connectivity index (χ3v) is 4.44. The van der Waals surface area contributed by atoms with Gasteiger partial charge in [0.15, 0.2) is 0 Å². The maximum absolute atomic E-state index is 12.3. The third kappa shape index (κ3) is 4.43. The molecule has 0 atom stereocenters. The smallest absolute Gasteiger partial charge is 0.340 e. The first-order valence-electron chi connectivity index (χ1n) is 7.88. The number of nitrogens with one attached hydrogen (secondary N) is 1. The molecular weight excluding hydrogens is 336 g/mol. The van der Waals surface area contributed by atoms with Gasteiger partial charge in [-0.2, -0.15) is 0 Å². The Morgan fingerprint density at radius 2 is 1.88 bits per heavy atom. The maximum atomic E-state index is 12.3. The Morgan fingerprint density at radius 1 is 1.12 bits per heavy atom. The van der Waals surface area contributed by atoms with Crippen molar-refractivity contribution in [2.24, 2.45) is 0 Å². The van der Waals surface area contributed by atoms with Crippen LogP contribution in [-0.4, -0.2) is 29.2 Å². The molecule has 3 rings (SSSR count). The van der Waals surface area contributed by atoms with Gasteiger partial charge in [0, 0.05) is 23.2 Å². The molecule has 5 nitrogen and oxygen atoms in total. The minimum atomic E-state index is -0.421. The molecule has 3 aromatic rings. The molecule has 2 aromatic carbocycles. The van der Waals surface area contributed by atoms with E-state index in [2.05, 4.69) is 10.3 Å². The molecule has 6 heteroatoms. The Bertz CT molecular complexity index is 833. The molecule has 0 spiro atoms. The van der Waals surface area contributed by atoms with E-state index in [9.17, 15) is 4.79 Å². The summed E-state index contributed by atoms with van der Waals surface area (Å²) in [4.78, 5) is 16.8. The van der Waals surface area contributed by atoms with Gasteiger partial charge in [-0.05, 0) is 12.1 Å². The van der Waals surface area contributed by atoms with Crippen LogP contribution in [0.3, 0.4) is 0 Å². The average Bonchev–Trinajstić information content (AvgIpc) is 3.14. The second-order valence-electron chi connectivity index (χ2n) is 5.28. The molecule has 0 saturated carbocycles. The molecule has 0 radical (unpaired) electrons. The maximum Gasteiger partial charge on any atom is 0.340 e. The number of esters is 1. The zero-order valence-corrected chi connectivity index (χ0v) is 14.3. The second kappa shape index (κ2) is 8.41. The number of para-hydroxylation sites is 1. The Labute approximate surface area is 149 Å². The number of benzene rings is 2. The quantitative estimate of drug-likeness (QED) is 0.635. The lowest BCUT2D eigenvalue weighted by molar-refractivity contribution is 0.0469. The van der Waals surface area contributed by atoms with E-state index < -0.39 is 5.97 Å². The number of anilines is 1. The Hall–Kier alpha value is -2.70. The Balaban J connectivity index is 1.64. The number of thiazole rings is 1. The number of carbonyl (C=O) groups excluding carboxylic acids is 1. The highest BCUT2D eigenvalue weighted by molar-refractivity contribution is 7.13. The minimum Gasteiger partial charge on any atom is -0.455 e. The van der Waals surface area contributed by atoms with Crippen LogP contribution in [0.5, 0.6) is 0 Å². The lowest BCUT2D eigenvalue weighted by Gasteiger charge is -2.10. The first-order valence-corrected chi connectivity index (χ1v) is 8.76.